The molecule has 1 unspecified atom stereocenters. The van der Waals surface area contributed by atoms with Crippen molar-refractivity contribution in [2.24, 2.45) is 7.54 Å². The van der Waals surface area contributed by atoms with Gasteiger partial charge in [0.25, 0.3) is 9.92 Å². The van der Waals surface area contributed by atoms with Crippen LogP contribution in [0.25, 0.3) is 4.13 Å². The van der Waals surface area contributed by atoms with Crippen molar-refractivity contribution in [3.8, 4) is 0 Å². The zero-order valence-corrected chi connectivity index (χ0v) is 19.3. The largest absolute Gasteiger partial charge is 1.00 e. The zero-order valence-electron chi connectivity index (χ0n) is 13.0. The molecule has 0 heterocycles. The molecule has 0 aromatic heterocycles. The molecule has 0 amide bonds. The van der Waals surface area contributed by atoms with Crippen LogP contribution >= 0.6 is 0 Å². The molecule has 0 saturated carbocycles. The van der Waals surface area contributed by atoms with E-state index in [1.165, 1.54) is 0 Å². The fraction of sp³-hybridized carbons (Fsp3) is 1.00. The quantitative estimate of drug-likeness (QED) is 0.335. The first-order valence-electron chi connectivity index (χ1n) is 5.18. The van der Waals surface area contributed by atoms with Crippen LogP contribution in [0.2, 0.25) is 0 Å². The van der Waals surface area contributed by atoms with Gasteiger partial charge < -0.3 is 4.13 Å². The van der Waals surface area contributed by atoms with Gasteiger partial charge in [-0.3, -0.25) is 4.21 Å². The SMILES string of the molecule is O=S(=O)(N=[S@@](=O)(N=S(=O)([N-]S(=O)(=O)C(F)(F)F)C(F)(F)F)C(F)(F)F)C(F)(F)F.[K+]. The van der Waals surface area contributed by atoms with Crippen LogP contribution in [0.5, 0.6) is 0 Å². The van der Waals surface area contributed by atoms with Gasteiger partial charge in [0.2, 0.25) is 0 Å². The molecule has 0 bridgehead atoms. The molecule has 0 N–H and O–H groups in total. The van der Waals surface area contributed by atoms with Gasteiger partial charge in [-0.1, -0.05) is 3.77 Å². The van der Waals surface area contributed by atoms with Gasteiger partial charge in [0.15, 0.2) is 10.0 Å². The summed E-state index contributed by atoms with van der Waals surface area (Å²) >= 11 is 0. The normalized spacial score (nSPS) is 18.5. The minimum absolute atomic E-state index is 0. The number of hydrogen-bond acceptors (Lipinski definition) is 6. The summed E-state index contributed by atoms with van der Waals surface area (Å²) in [5.74, 6) is 0. The van der Waals surface area contributed by atoms with Crippen molar-refractivity contribution in [2.45, 2.75) is 22.0 Å². The third-order valence-electron chi connectivity index (χ3n) is 1.79. The molecule has 9 nitrogen and oxygen atoms in total. The van der Waals surface area contributed by atoms with E-state index in [0.29, 0.717) is 11.7 Å². The summed E-state index contributed by atoms with van der Waals surface area (Å²) in [6.07, 6.45) is 0. The van der Waals surface area contributed by atoms with Gasteiger partial charge in [0, 0.05) is 0 Å². The van der Waals surface area contributed by atoms with Crippen molar-refractivity contribution in [1.29, 1.82) is 0 Å². The van der Waals surface area contributed by atoms with Crippen LogP contribution in [0.4, 0.5) is 52.7 Å². The predicted octanol–water partition coefficient (Wildman–Crippen LogP) is -0.131. The van der Waals surface area contributed by atoms with Gasteiger partial charge in [0.1, 0.15) is 0 Å². The molecular weight excluding hydrogens is 581 g/mol. The Bertz CT molecular complexity index is 1090. The molecule has 0 saturated heterocycles. The average Bonchev–Trinajstić information content (AvgIpc) is 2.30. The molecule has 0 rings (SSSR count). The summed E-state index contributed by atoms with van der Waals surface area (Å²) in [6, 6.07) is 0. The van der Waals surface area contributed by atoms with E-state index < -0.39 is 61.9 Å². The molecule has 26 heteroatoms. The van der Waals surface area contributed by atoms with E-state index in [1.807, 2.05) is 0 Å². The van der Waals surface area contributed by atoms with Crippen molar-refractivity contribution >= 4 is 39.9 Å². The molecule has 0 aliphatic heterocycles. The van der Waals surface area contributed by atoms with E-state index in [2.05, 4.69) is 0 Å². The second-order valence-corrected chi connectivity index (χ2v) is 11.5. The van der Waals surface area contributed by atoms with E-state index in [1.54, 1.807) is 0 Å². The van der Waals surface area contributed by atoms with Crippen LogP contribution in [-0.2, 0) is 39.9 Å². The Kier molecular flexibility index (Phi) is 9.89. The van der Waals surface area contributed by atoms with Gasteiger partial charge in [-0.2, -0.15) is 61.1 Å². The smallest absolute Gasteiger partial charge is 0.438 e. The van der Waals surface area contributed by atoms with Crippen molar-refractivity contribution in [1.82, 2.24) is 0 Å². The van der Waals surface area contributed by atoms with Crippen LogP contribution in [0, 0.1) is 0 Å². The Hall–Kier alpha value is 0.556. The van der Waals surface area contributed by atoms with Crippen molar-refractivity contribution < 1.29 is 129 Å². The van der Waals surface area contributed by atoms with Crippen LogP contribution < -0.4 is 51.4 Å². The van der Waals surface area contributed by atoms with Gasteiger partial charge >= 0.3 is 83.4 Å². The molecule has 0 fully saturated rings. The molecule has 30 heavy (non-hydrogen) atoms. The van der Waals surface area contributed by atoms with Crippen molar-refractivity contribution in [3.63, 3.8) is 0 Å². The van der Waals surface area contributed by atoms with Gasteiger partial charge in [0.05, 0.1) is 9.92 Å². The molecule has 0 aromatic rings. The number of sulfonamides is 2. The molecule has 0 spiro atoms. The summed E-state index contributed by atoms with van der Waals surface area (Å²) in [4.78, 5) is 0. The van der Waals surface area contributed by atoms with Crippen LogP contribution in [0.1, 0.15) is 0 Å². The summed E-state index contributed by atoms with van der Waals surface area (Å²) in [5, 5.41) is 0. The topological polar surface area (TPSA) is 141 Å². The first-order valence-corrected chi connectivity index (χ1v) is 11.0. The number of alkyl halides is 12. The van der Waals surface area contributed by atoms with E-state index in [0.717, 1.165) is 0 Å². The summed E-state index contributed by atoms with van der Waals surface area (Å²) < 4.78 is 215. The average molecular weight is 581 g/mol. The maximum Gasteiger partial charge on any atom is 1.00 e. The first-order chi connectivity index (χ1) is 12.1. The maximum atomic E-state index is 12.6. The van der Waals surface area contributed by atoms with Crippen LogP contribution in [-0.4, -0.2) is 47.3 Å². The number of halogens is 12. The number of rotatable bonds is 4. The summed E-state index contributed by atoms with van der Waals surface area (Å²) in [7, 11) is -31.0. The Morgan fingerprint density at radius 2 is 0.900 bits per heavy atom. The third kappa shape index (κ3) is 7.29. The fourth-order valence-electron chi connectivity index (χ4n) is 0.684. The Morgan fingerprint density at radius 1 is 0.533 bits per heavy atom. The van der Waals surface area contributed by atoms with Gasteiger partial charge in [-0.05, 0) is 0 Å². The maximum absolute atomic E-state index is 12.6. The Balaban J connectivity index is 0. The standard InChI is InChI=1S/C4F12N3O6S4.K/c5-1(6,7)26(20,18-28(22,23)3(11,12)13)17-27(21,2(8,9)10)19-29(24,25)4(14,15)16;/q-1;+1/t26-,27?;/m0./s1. The van der Waals surface area contributed by atoms with Crippen molar-refractivity contribution in [3.05, 3.63) is 4.13 Å². The summed E-state index contributed by atoms with van der Waals surface area (Å²) in [6.45, 7) is 0. The second-order valence-electron chi connectivity index (χ2n) is 3.95. The van der Waals surface area contributed by atoms with E-state index in [4.69, 9.17) is 0 Å². The van der Waals surface area contributed by atoms with Crippen molar-refractivity contribution in [2.75, 3.05) is 0 Å². The Morgan fingerprint density at radius 3 is 1.13 bits per heavy atom. The van der Waals surface area contributed by atoms with Gasteiger partial charge in [-0.25, -0.2) is 12.6 Å². The minimum atomic E-state index is -7.88. The molecule has 0 aliphatic carbocycles. The van der Waals surface area contributed by atoms with Crippen LogP contribution in [0.15, 0.2) is 7.54 Å². The Labute approximate surface area is 201 Å². The van der Waals surface area contributed by atoms with E-state index in [9.17, 15) is 77.9 Å². The van der Waals surface area contributed by atoms with Gasteiger partial charge in [-0.15, -0.1) is 3.77 Å². The molecule has 0 radical (unpaired) electrons. The molecule has 0 aromatic carbocycles. The zero-order chi connectivity index (χ0) is 24.1. The molecule has 2 atom stereocenters. The second kappa shape index (κ2) is 9.07. The first kappa shape index (κ1) is 32.7. The summed E-state index contributed by atoms with van der Waals surface area (Å²) in [5.41, 5.74) is -28.0. The molecular formula is C4F12KN3O6S4. The molecule has 0 aliphatic rings. The van der Waals surface area contributed by atoms with E-state index in [-0.39, 0.29) is 51.4 Å². The number of nitrogens with zero attached hydrogens (tertiary/aromatic N) is 3. The van der Waals surface area contributed by atoms with E-state index >= 15 is 0 Å². The third-order valence-corrected chi connectivity index (χ3v) is 8.97. The predicted molar refractivity (Wildman–Crippen MR) is 66.6 cm³/mol. The van der Waals surface area contributed by atoms with Crippen LogP contribution in [0.3, 0.4) is 0 Å². The molecule has 176 valence electrons. The number of hydrogen-bond donors (Lipinski definition) is 0. The fourth-order valence-corrected chi connectivity index (χ4v) is 6.64. The monoisotopic (exact) mass is 581 g/mol. The minimum Gasteiger partial charge on any atom is -0.438 e.